The van der Waals surface area contributed by atoms with Crippen LogP contribution in [0.15, 0.2) is 48.5 Å². The van der Waals surface area contributed by atoms with Gasteiger partial charge in [-0.05, 0) is 60.5 Å². The molecule has 0 aliphatic carbocycles. The van der Waals surface area contributed by atoms with E-state index in [1.807, 2.05) is 25.1 Å². The molecule has 0 bridgehead atoms. The van der Waals surface area contributed by atoms with Gasteiger partial charge in [0.1, 0.15) is 11.9 Å². The summed E-state index contributed by atoms with van der Waals surface area (Å²) in [6.07, 6.45) is 1.34. The van der Waals surface area contributed by atoms with Crippen LogP contribution in [-0.2, 0) is 11.2 Å². The lowest BCUT2D eigenvalue weighted by molar-refractivity contribution is -0.113. The fourth-order valence-corrected chi connectivity index (χ4v) is 4.57. The lowest BCUT2D eigenvalue weighted by Crippen LogP contribution is -2.31. The van der Waals surface area contributed by atoms with E-state index in [1.54, 1.807) is 17.4 Å². The van der Waals surface area contributed by atoms with E-state index in [1.165, 1.54) is 16.2 Å². The second-order valence-corrected chi connectivity index (χ2v) is 7.96. The van der Waals surface area contributed by atoms with E-state index in [2.05, 4.69) is 18.2 Å². The van der Waals surface area contributed by atoms with Crippen LogP contribution in [0.2, 0.25) is 0 Å². The maximum absolute atomic E-state index is 14.4. The number of benzene rings is 2. The van der Waals surface area contributed by atoms with Crippen molar-refractivity contribution in [1.29, 1.82) is 0 Å². The number of rotatable bonds is 3. The average molecular weight is 356 g/mol. The Bertz CT molecular complexity index is 855. The van der Waals surface area contributed by atoms with Crippen molar-refractivity contribution < 1.29 is 14.2 Å². The third-order valence-corrected chi connectivity index (χ3v) is 5.95. The molecule has 2 nitrogen and oxygen atoms in total. The van der Waals surface area contributed by atoms with Gasteiger partial charge in [0.25, 0.3) is 0 Å². The molecule has 130 valence electrons. The highest BCUT2D eigenvalue weighted by Gasteiger charge is 2.29. The van der Waals surface area contributed by atoms with Gasteiger partial charge in [0.15, 0.2) is 0 Å². The molecule has 1 aliphatic heterocycles. The Morgan fingerprint density at radius 2 is 2.00 bits per heavy atom. The van der Waals surface area contributed by atoms with Crippen LogP contribution in [0.25, 0.3) is 10.1 Å². The van der Waals surface area contributed by atoms with Crippen molar-refractivity contribution in [2.24, 2.45) is 0 Å². The molecule has 1 aliphatic rings. The standard InChI is InChI=1S/C21H21FO2S/c1-13-6-9-19(23)21(24-13)15-7-8-18(22)16(10-15)12-17-11-14-4-2-3-5-20(14)25-17/h2-5,7-8,10-11,13,19,21,23H,6,9,12H2,1H3/t13-,19-,21+/m1/s1. The van der Waals surface area contributed by atoms with E-state index in [0.717, 1.165) is 23.3 Å². The van der Waals surface area contributed by atoms with Crippen molar-refractivity contribution in [1.82, 2.24) is 0 Å². The first-order valence-electron chi connectivity index (χ1n) is 8.69. The predicted octanol–water partition coefficient (Wildman–Crippen LogP) is 5.23. The average Bonchev–Trinajstić information content (AvgIpc) is 3.01. The van der Waals surface area contributed by atoms with Crippen molar-refractivity contribution in [2.45, 2.75) is 44.5 Å². The van der Waals surface area contributed by atoms with E-state index in [4.69, 9.17) is 4.74 Å². The molecule has 1 saturated heterocycles. The van der Waals surface area contributed by atoms with Crippen LogP contribution in [0.5, 0.6) is 0 Å². The van der Waals surface area contributed by atoms with Crippen LogP contribution < -0.4 is 0 Å². The van der Waals surface area contributed by atoms with Gasteiger partial charge in [-0.15, -0.1) is 11.3 Å². The number of aliphatic hydroxyl groups excluding tert-OH is 1. The SMILES string of the molecule is C[C@@H]1CC[C@@H](O)[C@H](c2ccc(F)c(Cc3cc4ccccc4s3)c2)O1. The molecule has 2 aromatic carbocycles. The van der Waals surface area contributed by atoms with E-state index in [0.29, 0.717) is 12.0 Å². The van der Waals surface area contributed by atoms with E-state index < -0.39 is 6.10 Å². The topological polar surface area (TPSA) is 29.5 Å². The summed E-state index contributed by atoms with van der Waals surface area (Å²) in [6.45, 7) is 2.01. The Balaban J connectivity index is 1.63. The second-order valence-electron chi connectivity index (χ2n) is 6.79. The summed E-state index contributed by atoms with van der Waals surface area (Å²) < 4.78 is 21.5. The predicted molar refractivity (Wildman–Crippen MR) is 99.6 cm³/mol. The van der Waals surface area contributed by atoms with Gasteiger partial charge in [0, 0.05) is 16.0 Å². The largest absolute Gasteiger partial charge is 0.390 e. The number of hydrogen-bond donors (Lipinski definition) is 1. The van der Waals surface area contributed by atoms with Gasteiger partial charge >= 0.3 is 0 Å². The van der Waals surface area contributed by atoms with Crippen LogP contribution in [0.4, 0.5) is 4.39 Å². The Morgan fingerprint density at radius 3 is 2.84 bits per heavy atom. The number of fused-ring (bicyclic) bond motifs is 1. The maximum Gasteiger partial charge on any atom is 0.126 e. The van der Waals surface area contributed by atoms with Gasteiger partial charge < -0.3 is 9.84 Å². The fraction of sp³-hybridized carbons (Fsp3) is 0.333. The molecular weight excluding hydrogens is 335 g/mol. The minimum absolute atomic E-state index is 0.115. The zero-order valence-electron chi connectivity index (χ0n) is 14.1. The number of hydrogen-bond acceptors (Lipinski definition) is 3. The molecule has 2 heterocycles. The third kappa shape index (κ3) is 3.47. The number of thiophene rings is 1. The Kier molecular flexibility index (Phi) is 4.59. The van der Waals surface area contributed by atoms with Gasteiger partial charge in [0.2, 0.25) is 0 Å². The smallest absolute Gasteiger partial charge is 0.126 e. The normalized spacial score (nSPS) is 23.9. The lowest BCUT2D eigenvalue weighted by Gasteiger charge is -2.32. The molecule has 0 spiro atoms. The van der Waals surface area contributed by atoms with Crippen molar-refractivity contribution in [3.63, 3.8) is 0 Å². The van der Waals surface area contributed by atoms with E-state index >= 15 is 0 Å². The summed E-state index contributed by atoms with van der Waals surface area (Å²) in [5, 5.41) is 11.5. The summed E-state index contributed by atoms with van der Waals surface area (Å²) in [5.74, 6) is -0.209. The summed E-state index contributed by atoms with van der Waals surface area (Å²) in [7, 11) is 0. The minimum Gasteiger partial charge on any atom is -0.390 e. The first-order valence-corrected chi connectivity index (χ1v) is 9.51. The zero-order chi connectivity index (χ0) is 17.4. The van der Waals surface area contributed by atoms with E-state index in [9.17, 15) is 9.50 Å². The zero-order valence-corrected chi connectivity index (χ0v) is 14.9. The van der Waals surface area contributed by atoms with Gasteiger partial charge in [-0.2, -0.15) is 0 Å². The van der Waals surface area contributed by atoms with Crippen molar-refractivity contribution in [2.75, 3.05) is 0 Å². The summed E-state index contributed by atoms with van der Waals surface area (Å²) >= 11 is 1.70. The maximum atomic E-state index is 14.4. The quantitative estimate of drug-likeness (QED) is 0.696. The number of aliphatic hydroxyl groups is 1. The summed E-state index contributed by atoms with van der Waals surface area (Å²) in [5.41, 5.74) is 1.51. The van der Waals surface area contributed by atoms with Crippen LogP contribution in [0.1, 0.15) is 41.9 Å². The first kappa shape index (κ1) is 16.7. The van der Waals surface area contributed by atoms with Crippen LogP contribution in [0, 0.1) is 5.82 Å². The molecule has 0 amide bonds. The fourth-order valence-electron chi connectivity index (χ4n) is 3.49. The molecule has 1 fully saturated rings. The molecule has 0 unspecified atom stereocenters. The molecule has 1 aromatic heterocycles. The van der Waals surface area contributed by atoms with Gasteiger partial charge in [-0.25, -0.2) is 4.39 Å². The Morgan fingerprint density at radius 1 is 1.16 bits per heavy atom. The van der Waals surface area contributed by atoms with Crippen molar-refractivity contribution in [3.8, 4) is 0 Å². The highest BCUT2D eigenvalue weighted by Crippen LogP contribution is 2.33. The molecule has 1 N–H and O–H groups in total. The molecule has 25 heavy (non-hydrogen) atoms. The molecule has 3 atom stereocenters. The molecule has 0 saturated carbocycles. The Hall–Kier alpha value is -1.75. The van der Waals surface area contributed by atoms with Crippen LogP contribution >= 0.6 is 11.3 Å². The van der Waals surface area contributed by atoms with Gasteiger partial charge in [-0.1, -0.05) is 24.3 Å². The minimum atomic E-state index is -0.529. The monoisotopic (exact) mass is 356 g/mol. The van der Waals surface area contributed by atoms with Crippen molar-refractivity contribution >= 4 is 21.4 Å². The molecule has 3 aromatic rings. The highest BCUT2D eigenvalue weighted by molar-refractivity contribution is 7.19. The van der Waals surface area contributed by atoms with Gasteiger partial charge in [0.05, 0.1) is 12.2 Å². The van der Waals surface area contributed by atoms with Crippen LogP contribution in [-0.4, -0.2) is 17.3 Å². The van der Waals surface area contributed by atoms with Crippen LogP contribution in [0.3, 0.4) is 0 Å². The Labute approximate surface area is 150 Å². The third-order valence-electron chi connectivity index (χ3n) is 4.84. The number of ether oxygens (including phenoxy) is 1. The molecule has 0 radical (unpaired) electrons. The molecule has 4 heteroatoms. The summed E-state index contributed by atoms with van der Waals surface area (Å²) in [4.78, 5) is 1.13. The van der Waals surface area contributed by atoms with Gasteiger partial charge in [-0.3, -0.25) is 0 Å². The van der Waals surface area contributed by atoms with E-state index in [-0.39, 0.29) is 18.0 Å². The first-order chi connectivity index (χ1) is 12.1. The summed E-state index contributed by atoms with van der Waals surface area (Å²) in [6, 6.07) is 15.4. The van der Waals surface area contributed by atoms with Crippen molar-refractivity contribution in [3.05, 3.63) is 70.4 Å². The molecular formula is C21H21FO2S. The lowest BCUT2D eigenvalue weighted by atomic mass is 9.94. The number of halogens is 1. The highest BCUT2D eigenvalue weighted by atomic mass is 32.1. The molecule has 4 rings (SSSR count). The second kappa shape index (κ2) is 6.87.